The van der Waals surface area contributed by atoms with Gasteiger partial charge in [0.25, 0.3) is 0 Å². The monoisotopic (exact) mass is 350 g/mol. The highest BCUT2D eigenvalue weighted by molar-refractivity contribution is 9.10. The standard InChI is InChI=1S/C16H19BrN2O2/c1-20-15-8-7-11(9-16(15)21-2)14(10-18)19-13-6-4-3-5-12(13)17/h3-9,14,19H,10,18H2,1-2H3. The van der Waals surface area contributed by atoms with E-state index in [9.17, 15) is 0 Å². The van der Waals surface area contributed by atoms with Crippen LogP contribution in [0.15, 0.2) is 46.9 Å². The number of halogens is 1. The minimum absolute atomic E-state index is 0.0106. The Hall–Kier alpha value is -1.72. The van der Waals surface area contributed by atoms with Crippen molar-refractivity contribution in [2.45, 2.75) is 6.04 Å². The van der Waals surface area contributed by atoms with Crippen LogP contribution in [0.4, 0.5) is 5.69 Å². The summed E-state index contributed by atoms with van der Waals surface area (Å²) in [6.45, 7) is 0.469. The molecule has 112 valence electrons. The largest absolute Gasteiger partial charge is 0.493 e. The van der Waals surface area contributed by atoms with Crippen LogP contribution in [0.3, 0.4) is 0 Å². The number of para-hydroxylation sites is 1. The third-order valence-electron chi connectivity index (χ3n) is 3.25. The topological polar surface area (TPSA) is 56.5 Å². The Bertz CT molecular complexity index is 605. The van der Waals surface area contributed by atoms with Gasteiger partial charge in [0, 0.05) is 16.7 Å². The maximum atomic E-state index is 5.91. The van der Waals surface area contributed by atoms with Gasteiger partial charge in [-0.2, -0.15) is 0 Å². The predicted octanol–water partition coefficient (Wildman–Crippen LogP) is 3.58. The minimum Gasteiger partial charge on any atom is -0.493 e. The molecule has 0 bridgehead atoms. The Morgan fingerprint density at radius 2 is 1.81 bits per heavy atom. The number of hydrogen-bond donors (Lipinski definition) is 2. The number of ether oxygens (including phenoxy) is 2. The van der Waals surface area contributed by atoms with Gasteiger partial charge in [-0.25, -0.2) is 0 Å². The molecule has 0 aromatic heterocycles. The number of methoxy groups -OCH3 is 2. The average Bonchev–Trinajstić information content (AvgIpc) is 2.53. The summed E-state index contributed by atoms with van der Waals surface area (Å²) in [5.74, 6) is 1.40. The molecule has 2 aromatic carbocycles. The zero-order valence-corrected chi connectivity index (χ0v) is 13.7. The second-order valence-electron chi connectivity index (χ2n) is 4.53. The number of nitrogens with one attached hydrogen (secondary N) is 1. The third kappa shape index (κ3) is 3.68. The number of anilines is 1. The van der Waals surface area contributed by atoms with Crippen molar-refractivity contribution in [2.24, 2.45) is 5.73 Å². The van der Waals surface area contributed by atoms with Crippen molar-refractivity contribution >= 4 is 21.6 Å². The zero-order valence-electron chi connectivity index (χ0n) is 12.1. The van der Waals surface area contributed by atoms with Crippen LogP contribution in [0, 0.1) is 0 Å². The molecule has 0 aliphatic carbocycles. The van der Waals surface area contributed by atoms with Crippen molar-refractivity contribution < 1.29 is 9.47 Å². The molecule has 0 aliphatic heterocycles. The lowest BCUT2D eigenvalue weighted by Crippen LogP contribution is -2.20. The lowest BCUT2D eigenvalue weighted by molar-refractivity contribution is 0.354. The molecular weight excluding hydrogens is 332 g/mol. The minimum atomic E-state index is -0.0106. The van der Waals surface area contributed by atoms with Gasteiger partial charge >= 0.3 is 0 Å². The van der Waals surface area contributed by atoms with E-state index in [1.165, 1.54) is 0 Å². The smallest absolute Gasteiger partial charge is 0.161 e. The average molecular weight is 351 g/mol. The van der Waals surface area contributed by atoms with Crippen LogP contribution in [0.1, 0.15) is 11.6 Å². The molecule has 21 heavy (non-hydrogen) atoms. The Labute approximate surface area is 133 Å². The van der Waals surface area contributed by atoms with Crippen LogP contribution in [-0.2, 0) is 0 Å². The molecular formula is C16H19BrN2O2. The Kier molecular flexibility index (Phi) is 5.47. The Morgan fingerprint density at radius 3 is 2.43 bits per heavy atom. The lowest BCUT2D eigenvalue weighted by atomic mass is 10.1. The number of hydrogen-bond acceptors (Lipinski definition) is 4. The first kappa shape index (κ1) is 15.7. The zero-order chi connectivity index (χ0) is 15.2. The highest BCUT2D eigenvalue weighted by Gasteiger charge is 2.14. The van der Waals surface area contributed by atoms with Crippen LogP contribution in [0.2, 0.25) is 0 Å². The SMILES string of the molecule is COc1ccc(C(CN)Nc2ccccc2Br)cc1OC. The number of nitrogens with two attached hydrogens (primary N) is 1. The highest BCUT2D eigenvalue weighted by Crippen LogP contribution is 2.32. The molecule has 2 rings (SSSR count). The summed E-state index contributed by atoms with van der Waals surface area (Å²) in [7, 11) is 3.25. The van der Waals surface area contributed by atoms with E-state index in [4.69, 9.17) is 15.2 Å². The van der Waals surface area contributed by atoms with Gasteiger partial charge in [0.2, 0.25) is 0 Å². The second kappa shape index (κ2) is 7.33. The summed E-state index contributed by atoms with van der Waals surface area (Å²) in [6.07, 6.45) is 0. The van der Waals surface area contributed by atoms with Crippen molar-refractivity contribution in [2.75, 3.05) is 26.1 Å². The van der Waals surface area contributed by atoms with Crippen LogP contribution < -0.4 is 20.5 Å². The number of rotatable bonds is 6. The first-order valence-electron chi connectivity index (χ1n) is 6.62. The van der Waals surface area contributed by atoms with E-state index < -0.39 is 0 Å². The van der Waals surface area contributed by atoms with E-state index in [-0.39, 0.29) is 6.04 Å². The van der Waals surface area contributed by atoms with Crippen LogP contribution in [0.25, 0.3) is 0 Å². The van der Waals surface area contributed by atoms with Gasteiger partial charge in [-0.05, 0) is 45.8 Å². The molecule has 0 aliphatic rings. The van der Waals surface area contributed by atoms with Gasteiger partial charge in [-0.3, -0.25) is 0 Å². The normalized spacial score (nSPS) is 11.8. The van der Waals surface area contributed by atoms with E-state index in [1.54, 1.807) is 14.2 Å². The van der Waals surface area contributed by atoms with E-state index >= 15 is 0 Å². The van der Waals surface area contributed by atoms with Gasteiger partial charge < -0.3 is 20.5 Å². The van der Waals surface area contributed by atoms with Crippen molar-refractivity contribution in [3.05, 3.63) is 52.5 Å². The molecule has 3 N–H and O–H groups in total. The molecule has 5 heteroatoms. The summed E-state index contributed by atoms with van der Waals surface area (Å²) in [5, 5.41) is 3.43. The summed E-state index contributed by atoms with van der Waals surface area (Å²) >= 11 is 3.53. The van der Waals surface area contributed by atoms with E-state index in [0.29, 0.717) is 18.0 Å². The maximum Gasteiger partial charge on any atom is 0.161 e. The van der Waals surface area contributed by atoms with Crippen LogP contribution >= 0.6 is 15.9 Å². The van der Waals surface area contributed by atoms with Crippen molar-refractivity contribution in [3.63, 3.8) is 0 Å². The summed E-state index contributed by atoms with van der Waals surface area (Å²) < 4.78 is 11.6. The third-order valence-corrected chi connectivity index (χ3v) is 3.94. The van der Waals surface area contributed by atoms with E-state index in [1.807, 2.05) is 42.5 Å². The maximum absolute atomic E-state index is 5.91. The molecule has 4 nitrogen and oxygen atoms in total. The van der Waals surface area contributed by atoms with E-state index in [0.717, 1.165) is 15.7 Å². The first-order chi connectivity index (χ1) is 10.2. The second-order valence-corrected chi connectivity index (χ2v) is 5.38. The van der Waals surface area contributed by atoms with Gasteiger partial charge in [0.15, 0.2) is 11.5 Å². The molecule has 0 amide bonds. The first-order valence-corrected chi connectivity index (χ1v) is 7.42. The van der Waals surface area contributed by atoms with Crippen molar-refractivity contribution in [3.8, 4) is 11.5 Å². The molecule has 0 radical (unpaired) electrons. The van der Waals surface area contributed by atoms with Crippen LogP contribution in [-0.4, -0.2) is 20.8 Å². The quantitative estimate of drug-likeness (QED) is 0.835. The molecule has 0 spiro atoms. The summed E-state index contributed by atoms with van der Waals surface area (Å²) in [5.41, 5.74) is 7.96. The molecule has 1 unspecified atom stereocenters. The summed E-state index contributed by atoms with van der Waals surface area (Å²) in [4.78, 5) is 0. The number of benzene rings is 2. The fourth-order valence-electron chi connectivity index (χ4n) is 2.11. The lowest BCUT2D eigenvalue weighted by Gasteiger charge is -2.20. The predicted molar refractivity (Wildman–Crippen MR) is 89.1 cm³/mol. The summed E-state index contributed by atoms with van der Waals surface area (Å²) in [6, 6.07) is 13.8. The molecule has 1 atom stereocenters. The van der Waals surface area contributed by atoms with Gasteiger partial charge in [0.05, 0.1) is 20.3 Å². The Balaban J connectivity index is 2.27. The molecule has 0 heterocycles. The van der Waals surface area contributed by atoms with E-state index in [2.05, 4.69) is 21.2 Å². The van der Waals surface area contributed by atoms with Crippen LogP contribution in [0.5, 0.6) is 11.5 Å². The molecule has 0 saturated heterocycles. The van der Waals surface area contributed by atoms with Gasteiger partial charge in [-0.15, -0.1) is 0 Å². The molecule has 2 aromatic rings. The molecule has 0 saturated carbocycles. The fraction of sp³-hybridized carbons (Fsp3) is 0.250. The van der Waals surface area contributed by atoms with Gasteiger partial charge in [-0.1, -0.05) is 18.2 Å². The highest BCUT2D eigenvalue weighted by atomic mass is 79.9. The van der Waals surface area contributed by atoms with Gasteiger partial charge in [0.1, 0.15) is 0 Å². The fourth-order valence-corrected chi connectivity index (χ4v) is 2.51. The van der Waals surface area contributed by atoms with Crippen molar-refractivity contribution in [1.82, 2.24) is 0 Å². The Morgan fingerprint density at radius 1 is 1.10 bits per heavy atom. The van der Waals surface area contributed by atoms with Crippen molar-refractivity contribution in [1.29, 1.82) is 0 Å². The molecule has 0 fully saturated rings.